The van der Waals surface area contributed by atoms with Crippen LogP contribution in [0.25, 0.3) is 0 Å². The van der Waals surface area contributed by atoms with E-state index in [1.165, 1.54) is 0 Å². The minimum atomic E-state index is -0.859. The summed E-state index contributed by atoms with van der Waals surface area (Å²) in [6.45, 7) is 3.34. The number of aliphatic hydroxyl groups excluding tert-OH is 1. The molecule has 0 aromatic heterocycles. The van der Waals surface area contributed by atoms with Gasteiger partial charge in [-0.1, -0.05) is 6.07 Å². The van der Waals surface area contributed by atoms with Gasteiger partial charge < -0.3 is 20.5 Å². The van der Waals surface area contributed by atoms with Gasteiger partial charge in [-0.3, -0.25) is 4.79 Å². The lowest BCUT2D eigenvalue weighted by atomic mass is 10.0. The van der Waals surface area contributed by atoms with Crippen LogP contribution in [0.1, 0.15) is 25.5 Å². The van der Waals surface area contributed by atoms with Crippen molar-refractivity contribution in [2.45, 2.75) is 25.5 Å². The van der Waals surface area contributed by atoms with Crippen molar-refractivity contribution >= 4 is 11.6 Å². The number of benzene rings is 1. The zero-order valence-electron chi connectivity index (χ0n) is 10.8. The van der Waals surface area contributed by atoms with Crippen LogP contribution in [0.5, 0.6) is 5.75 Å². The fourth-order valence-electron chi connectivity index (χ4n) is 2.05. The molecule has 0 bridgehead atoms. The van der Waals surface area contributed by atoms with Crippen LogP contribution in [0.15, 0.2) is 18.2 Å². The zero-order chi connectivity index (χ0) is 13.5. The van der Waals surface area contributed by atoms with E-state index in [0.29, 0.717) is 11.4 Å². The second kappa shape index (κ2) is 4.26. The number of nitrogens with two attached hydrogens (primary N) is 1. The zero-order valence-corrected chi connectivity index (χ0v) is 10.8. The molecule has 0 spiro atoms. The number of anilines is 1. The van der Waals surface area contributed by atoms with Gasteiger partial charge in [-0.15, -0.1) is 0 Å². The third-order valence-electron chi connectivity index (χ3n) is 3.15. The Balaban J connectivity index is 2.46. The number of hydrogen-bond donors (Lipinski definition) is 2. The Hall–Kier alpha value is -1.59. The van der Waals surface area contributed by atoms with Crippen molar-refractivity contribution in [3.05, 3.63) is 23.8 Å². The standard InChI is InChI=1S/C13H18N2O3/c1-13(2)12(17)15(3)10-6-8(9(14)7-16)4-5-11(10)18-13/h4-6,9,16H,7,14H2,1-3H3. The summed E-state index contributed by atoms with van der Waals surface area (Å²) in [4.78, 5) is 13.6. The Morgan fingerprint density at radius 2 is 2.17 bits per heavy atom. The van der Waals surface area contributed by atoms with Crippen LogP contribution in [0.2, 0.25) is 0 Å². The molecule has 0 radical (unpaired) electrons. The van der Waals surface area contributed by atoms with Crippen molar-refractivity contribution in [2.24, 2.45) is 5.73 Å². The molecule has 1 atom stereocenters. The summed E-state index contributed by atoms with van der Waals surface area (Å²) in [5, 5.41) is 9.06. The fourth-order valence-corrected chi connectivity index (χ4v) is 2.05. The van der Waals surface area contributed by atoms with E-state index in [4.69, 9.17) is 15.6 Å². The Morgan fingerprint density at radius 1 is 1.50 bits per heavy atom. The summed E-state index contributed by atoms with van der Waals surface area (Å²) in [6, 6.07) is 4.92. The van der Waals surface area contributed by atoms with Gasteiger partial charge in [-0.25, -0.2) is 0 Å². The van der Waals surface area contributed by atoms with Gasteiger partial charge >= 0.3 is 0 Å². The number of fused-ring (bicyclic) bond motifs is 1. The first-order valence-corrected chi connectivity index (χ1v) is 5.84. The lowest BCUT2D eigenvalue weighted by Gasteiger charge is -2.37. The molecule has 1 aliphatic heterocycles. The van der Waals surface area contributed by atoms with E-state index < -0.39 is 11.6 Å². The molecule has 1 aromatic carbocycles. The molecule has 1 heterocycles. The van der Waals surface area contributed by atoms with Gasteiger partial charge in [0.2, 0.25) is 0 Å². The highest BCUT2D eigenvalue weighted by Crippen LogP contribution is 2.38. The Labute approximate surface area is 106 Å². The van der Waals surface area contributed by atoms with Crippen LogP contribution in [0.3, 0.4) is 0 Å². The predicted octanol–water partition coefficient (Wildman–Crippen LogP) is 0.813. The van der Waals surface area contributed by atoms with Crippen LogP contribution in [-0.4, -0.2) is 30.3 Å². The lowest BCUT2D eigenvalue weighted by Crippen LogP contribution is -2.50. The highest BCUT2D eigenvalue weighted by atomic mass is 16.5. The van der Waals surface area contributed by atoms with E-state index in [1.54, 1.807) is 44.0 Å². The topological polar surface area (TPSA) is 75.8 Å². The van der Waals surface area contributed by atoms with Gasteiger partial charge in [0.05, 0.1) is 18.3 Å². The molecule has 1 aliphatic rings. The number of nitrogens with zero attached hydrogens (tertiary/aromatic N) is 1. The van der Waals surface area contributed by atoms with Gasteiger partial charge in [0.15, 0.2) is 5.60 Å². The van der Waals surface area contributed by atoms with Gasteiger partial charge in [0.25, 0.3) is 5.91 Å². The highest BCUT2D eigenvalue weighted by molar-refractivity contribution is 6.01. The fraction of sp³-hybridized carbons (Fsp3) is 0.462. The molecular formula is C13H18N2O3. The number of likely N-dealkylation sites (N-methyl/N-ethyl adjacent to an activating group) is 1. The number of carbonyl (C=O) groups excluding carboxylic acids is 1. The number of carbonyl (C=O) groups is 1. The van der Waals surface area contributed by atoms with Crippen LogP contribution < -0.4 is 15.4 Å². The summed E-state index contributed by atoms with van der Waals surface area (Å²) in [6.07, 6.45) is 0. The molecule has 98 valence electrons. The SMILES string of the molecule is CN1C(=O)C(C)(C)Oc2ccc(C(N)CO)cc21. The van der Waals surface area contributed by atoms with E-state index in [9.17, 15) is 4.79 Å². The Morgan fingerprint density at radius 3 is 2.78 bits per heavy atom. The monoisotopic (exact) mass is 250 g/mol. The van der Waals surface area contributed by atoms with Gasteiger partial charge in [-0.05, 0) is 31.5 Å². The van der Waals surface area contributed by atoms with Crippen molar-refractivity contribution in [2.75, 3.05) is 18.6 Å². The van der Waals surface area contributed by atoms with Gasteiger partial charge in [0, 0.05) is 7.05 Å². The first kappa shape index (κ1) is 12.9. The Bertz CT molecular complexity index is 485. The first-order valence-electron chi connectivity index (χ1n) is 5.84. The Kier molecular flexibility index (Phi) is 3.04. The van der Waals surface area contributed by atoms with E-state index in [-0.39, 0.29) is 12.5 Å². The first-order chi connectivity index (χ1) is 8.36. The molecule has 0 fully saturated rings. The van der Waals surface area contributed by atoms with Crippen molar-refractivity contribution in [3.8, 4) is 5.75 Å². The minimum absolute atomic E-state index is 0.107. The number of amides is 1. The smallest absolute Gasteiger partial charge is 0.270 e. The van der Waals surface area contributed by atoms with E-state index in [2.05, 4.69) is 0 Å². The van der Waals surface area contributed by atoms with Crippen molar-refractivity contribution in [3.63, 3.8) is 0 Å². The largest absolute Gasteiger partial charge is 0.476 e. The molecule has 3 N–H and O–H groups in total. The maximum Gasteiger partial charge on any atom is 0.270 e. The van der Waals surface area contributed by atoms with Crippen molar-refractivity contribution < 1.29 is 14.6 Å². The van der Waals surface area contributed by atoms with Crippen LogP contribution in [-0.2, 0) is 4.79 Å². The molecular weight excluding hydrogens is 232 g/mol. The number of hydrogen-bond acceptors (Lipinski definition) is 4. The molecule has 0 aliphatic carbocycles. The molecule has 2 rings (SSSR count). The summed E-state index contributed by atoms with van der Waals surface area (Å²) in [7, 11) is 1.71. The quantitative estimate of drug-likeness (QED) is 0.814. The average Bonchev–Trinajstić information content (AvgIpc) is 2.34. The molecule has 1 amide bonds. The van der Waals surface area contributed by atoms with E-state index in [0.717, 1.165) is 5.56 Å². The number of aliphatic hydroxyl groups is 1. The lowest BCUT2D eigenvalue weighted by molar-refractivity contribution is -0.132. The maximum absolute atomic E-state index is 12.1. The summed E-state index contributed by atoms with van der Waals surface area (Å²) >= 11 is 0. The maximum atomic E-state index is 12.1. The van der Waals surface area contributed by atoms with Crippen molar-refractivity contribution in [1.82, 2.24) is 0 Å². The number of rotatable bonds is 2. The van der Waals surface area contributed by atoms with Gasteiger partial charge in [-0.2, -0.15) is 0 Å². The number of ether oxygens (including phenoxy) is 1. The van der Waals surface area contributed by atoms with E-state index >= 15 is 0 Å². The van der Waals surface area contributed by atoms with E-state index in [1.807, 2.05) is 0 Å². The average molecular weight is 250 g/mol. The molecule has 1 unspecified atom stereocenters. The molecule has 0 saturated heterocycles. The minimum Gasteiger partial charge on any atom is -0.476 e. The predicted molar refractivity (Wildman–Crippen MR) is 68.6 cm³/mol. The molecule has 1 aromatic rings. The third-order valence-corrected chi connectivity index (χ3v) is 3.15. The normalized spacial score (nSPS) is 19.2. The molecule has 0 saturated carbocycles. The van der Waals surface area contributed by atoms with Crippen molar-refractivity contribution in [1.29, 1.82) is 0 Å². The summed E-state index contributed by atoms with van der Waals surface area (Å²) in [5.74, 6) is 0.542. The molecule has 5 nitrogen and oxygen atoms in total. The summed E-state index contributed by atoms with van der Waals surface area (Å²) in [5.41, 5.74) is 6.37. The highest BCUT2D eigenvalue weighted by Gasteiger charge is 2.39. The van der Waals surface area contributed by atoms with Gasteiger partial charge in [0.1, 0.15) is 5.75 Å². The second-order valence-corrected chi connectivity index (χ2v) is 4.99. The molecule has 5 heteroatoms. The second-order valence-electron chi connectivity index (χ2n) is 4.99. The molecule has 18 heavy (non-hydrogen) atoms. The third kappa shape index (κ3) is 1.95. The van der Waals surface area contributed by atoms with Crippen LogP contribution in [0, 0.1) is 0 Å². The summed E-state index contributed by atoms with van der Waals surface area (Å²) < 4.78 is 5.68. The van der Waals surface area contributed by atoms with Crippen LogP contribution in [0.4, 0.5) is 5.69 Å². The van der Waals surface area contributed by atoms with Crippen LogP contribution >= 0.6 is 0 Å².